The normalized spacial score (nSPS) is 25.6. The molecule has 2 rings (SSSR count). The second-order valence-corrected chi connectivity index (χ2v) is 5.89. The van der Waals surface area contributed by atoms with Crippen LogP contribution in [-0.4, -0.2) is 13.7 Å². The van der Waals surface area contributed by atoms with Crippen LogP contribution in [0.25, 0.3) is 0 Å². The van der Waals surface area contributed by atoms with Crippen molar-refractivity contribution in [3.05, 3.63) is 29.8 Å². The minimum absolute atomic E-state index is 0.616. The smallest absolute Gasteiger partial charge is 0.118 e. The van der Waals surface area contributed by atoms with Crippen molar-refractivity contribution in [2.75, 3.05) is 13.7 Å². The third-order valence-corrected chi connectivity index (χ3v) is 4.72. The monoisotopic (exact) mass is 261 g/mol. The molecule has 3 unspecified atom stereocenters. The number of methoxy groups -OCH3 is 1. The second kappa shape index (κ2) is 6.95. The third-order valence-electron chi connectivity index (χ3n) is 4.72. The van der Waals surface area contributed by atoms with Gasteiger partial charge >= 0.3 is 0 Å². The van der Waals surface area contributed by atoms with Gasteiger partial charge in [0.1, 0.15) is 5.75 Å². The number of nitrogens with two attached hydrogens (primary N) is 1. The highest BCUT2D eigenvalue weighted by Crippen LogP contribution is 2.40. The van der Waals surface area contributed by atoms with Crippen LogP contribution in [0.4, 0.5) is 0 Å². The summed E-state index contributed by atoms with van der Waals surface area (Å²) >= 11 is 0. The molecule has 106 valence electrons. The van der Waals surface area contributed by atoms with Crippen molar-refractivity contribution in [3.8, 4) is 5.75 Å². The fourth-order valence-electron chi connectivity index (χ4n) is 3.46. The summed E-state index contributed by atoms with van der Waals surface area (Å²) in [4.78, 5) is 0. The summed E-state index contributed by atoms with van der Waals surface area (Å²) in [6.07, 6.45) is 6.73. The predicted octanol–water partition coefficient (Wildman–Crippen LogP) is 3.95. The number of rotatable bonds is 4. The molecule has 0 bridgehead atoms. The Balaban J connectivity index is 2.20. The predicted molar refractivity (Wildman–Crippen MR) is 80.5 cm³/mol. The van der Waals surface area contributed by atoms with Crippen molar-refractivity contribution in [3.63, 3.8) is 0 Å². The van der Waals surface area contributed by atoms with E-state index in [9.17, 15) is 0 Å². The van der Waals surface area contributed by atoms with Crippen LogP contribution in [0.1, 0.15) is 50.5 Å². The Kier molecular flexibility index (Phi) is 5.26. The van der Waals surface area contributed by atoms with E-state index in [1.165, 1.54) is 37.7 Å². The van der Waals surface area contributed by atoms with Crippen LogP contribution in [0.15, 0.2) is 24.3 Å². The average Bonchev–Trinajstić information content (AvgIpc) is 2.72. The minimum Gasteiger partial charge on any atom is -0.497 e. The molecule has 0 amide bonds. The largest absolute Gasteiger partial charge is 0.497 e. The van der Waals surface area contributed by atoms with Gasteiger partial charge in [-0.15, -0.1) is 0 Å². The molecule has 2 N–H and O–H groups in total. The number of ether oxygens (including phenoxy) is 1. The van der Waals surface area contributed by atoms with Crippen molar-refractivity contribution >= 4 is 0 Å². The Bertz CT molecular complexity index is 373. The zero-order valence-corrected chi connectivity index (χ0v) is 12.3. The molecule has 0 saturated heterocycles. The van der Waals surface area contributed by atoms with Gasteiger partial charge in [-0.25, -0.2) is 0 Å². The van der Waals surface area contributed by atoms with Gasteiger partial charge in [0.15, 0.2) is 0 Å². The minimum atomic E-state index is 0.616. The first-order valence-electron chi connectivity index (χ1n) is 7.60. The summed E-state index contributed by atoms with van der Waals surface area (Å²) in [6, 6.07) is 8.66. The van der Waals surface area contributed by atoms with Gasteiger partial charge in [0.2, 0.25) is 0 Å². The Hall–Kier alpha value is -1.02. The Labute approximate surface area is 117 Å². The van der Waals surface area contributed by atoms with Crippen molar-refractivity contribution < 1.29 is 4.74 Å². The maximum absolute atomic E-state index is 5.92. The lowest BCUT2D eigenvalue weighted by atomic mass is 9.76. The Morgan fingerprint density at radius 1 is 1.16 bits per heavy atom. The van der Waals surface area contributed by atoms with Crippen molar-refractivity contribution in [1.29, 1.82) is 0 Å². The summed E-state index contributed by atoms with van der Waals surface area (Å²) in [6.45, 7) is 3.11. The molecule has 0 aliphatic heterocycles. The second-order valence-electron chi connectivity index (χ2n) is 5.89. The topological polar surface area (TPSA) is 35.2 Å². The van der Waals surface area contributed by atoms with E-state index < -0.39 is 0 Å². The molecule has 0 heterocycles. The molecule has 2 heteroatoms. The highest BCUT2D eigenvalue weighted by Gasteiger charge is 2.28. The molecular formula is C17H27NO. The lowest BCUT2D eigenvalue weighted by Crippen LogP contribution is -2.25. The zero-order valence-electron chi connectivity index (χ0n) is 12.3. The summed E-state index contributed by atoms with van der Waals surface area (Å²) in [5.41, 5.74) is 7.39. The fraction of sp³-hybridized carbons (Fsp3) is 0.647. The molecular weight excluding hydrogens is 234 g/mol. The molecule has 1 aromatic carbocycles. The van der Waals surface area contributed by atoms with E-state index in [2.05, 4.69) is 31.2 Å². The first-order valence-corrected chi connectivity index (χ1v) is 7.60. The van der Waals surface area contributed by atoms with Gasteiger partial charge in [-0.3, -0.25) is 0 Å². The average molecular weight is 261 g/mol. The van der Waals surface area contributed by atoms with Gasteiger partial charge in [-0.1, -0.05) is 38.3 Å². The Morgan fingerprint density at radius 2 is 1.84 bits per heavy atom. The molecule has 0 aromatic heterocycles. The SMILES string of the molecule is COc1ccc(C2CCCCCC2C(C)CN)cc1. The van der Waals surface area contributed by atoms with E-state index in [4.69, 9.17) is 10.5 Å². The van der Waals surface area contributed by atoms with Crippen LogP contribution in [0.5, 0.6) is 5.75 Å². The standard InChI is InChI=1S/C17H27NO/c1-13(12-18)16-6-4-3-5-7-17(16)14-8-10-15(19-2)11-9-14/h8-11,13,16-17H,3-7,12,18H2,1-2H3. The molecule has 0 spiro atoms. The van der Waals surface area contributed by atoms with Gasteiger partial charge in [-0.2, -0.15) is 0 Å². The maximum Gasteiger partial charge on any atom is 0.118 e. The quantitative estimate of drug-likeness (QED) is 0.833. The lowest BCUT2D eigenvalue weighted by Gasteiger charge is -2.30. The van der Waals surface area contributed by atoms with Crippen LogP contribution in [0.2, 0.25) is 0 Å². The van der Waals surface area contributed by atoms with Gasteiger partial charge in [0.05, 0.1) is 7.11 Å². The molecule has 3 atom stereocenters. The number of hydrogen-bond donors (Lipinski definition) is 1. The van der Waals surface area contributed by atoms with E-state index in [-0.39, 0.29) is 0 Å². The van der Waals surface area contributed by atoms with Crippen molar-refractivity contribution in [2.24, 2.45) is 17.6 Å². The summed E-state index contributed by atoms with van der Waals surface area (Å²) in [5, 5.41) is 0. The van der Waals surface area contributed by atoms with E-state index in [0.29, 0.717) is 11.8 Å². The molecule has 0 radical (unpaired) electrons. The van der Waals surface area contributed by atoms with Crippen LogP contribution in [-0.2, 0) is 0 Å². The highest BCUT2D eigenvalue weighted by molar-refractivity contribution is 5.30. The molecule has 1 fully saturated rings. The van der Waals surface area contributed by atoms with Crippen molar-refractivity contribution in [1.82, 2.24) is 0 Å². The molecule has 2 nitrogen and oxygen atoms in total. The number of hydrogen-bond acceptors (Lipinski definition) is 2. The van der Waals surface area contributed by atoms with Crippen LogP contribution in [0, 0.1) is 11.8 Å². The molecule has 1 aliphatic carbocycles. The van der Waals surface area contributed by atoms with Gasteiger partial charge in [-0.05, 0) is 54.8 Å². The molecule has 1 aliphatic rings. The van der Waals surface area contributed by atoms with Gasteiger partial charge < -0.3 is 10.5 Å². The van der Waals surface area contributed by atoms with Gasteiger partial charge in [0.25, 0.3) is 0 Å². The van der Waals surface area contributed by atoms with Crippen LogP contribution in [0.3, 0.4) is 0 Å². The summed E-state index contributed by atoms with van der Waals surface area (Å²) in [7, 11) is 1.72. The highest BCUT2D eigenvalue weighted by atomic mass is 16.5. The molecule has 19 heavy (non-hydrogen) atoms. The van der Waals surface area contributed by atoms with E-state index in [1.807, 2.05) is 0 Å². The maximum atomic E-state index is 5.92. The Morgan fingerprint density at radius 3 is 2.47 bits per heavy atom. The van der Waals surface area contributed by atoms with E-state index >= 15 is 0 Å². The van der Waals surface area contributed by atoms with Crippen LogP contribution >= 0.6 is 0 Å². The summed E-state index contributed by atoms with van der Waals surface area (Å²) in [5.74, 6) is 2.97. The lowest BCUT2D eigenvalue weighted by molar-refractivity contribution is 0.287. The first kappa shape index (κ1) is 14.4. The van der Waals surface area contributed by atoms with Gasteiger partial charge in [0, 0.05) is 0 Å². The van der Waals surface area contributed by atoms with E-state index in [1.54, 1.807) is 7.11 Å². The van der Waals surface area contributed by atoms with Crippen LogP contribution < -0.4 is 10.5 Å². The van der Waals surface area contributed by atoms with Crippen molar-refractivity contribution in [2.45, 2.75) is 44.9 Å². The zero-order chi connectivity index (χ0) is 13.7. The molecule has 1 saturated carbocycles. The third kappa shape index (κ3) is 3.50. The molecule has 1 aromatic rings. The van der Waals surface area contributed by atoms with E-state index in [0.717, 1.165) is 18.2 Å². The number of benzene rings is 1. The first-order chi connectivity index (χ1) is 9.26. The summed E-state index contributed by atoms with van der Waals surface area (Å²) < 4.78 is 5.26. The fourth-order valence-corrected chi connectivity index (χ4v) is 3.46.